The molecule has 0 radical (unpaired) electrons. The normalized spacial score (nSPS) is 23.8. The monoisotopic (exact) mass is 363 g/mol. The second-order valence-corrected chi connectivity index (χ2v) is 8.90. The summed E-state index contributed by atoms with van der Waals surface area (Å²) in [6.45, 7) is 4.81. The van der Waals surface area contributed by atoms with Crippen LogP contribution in [0.3, 0.4) is 0 Å². The van der Waals surface area contributed by atoms with E-state index >= 15 is 0 Å². The van der Waals surface area contributed by atoms with E-state index in [0.717, 1.165) is 32.4 Å². The fourth-order valence-corrected chi connectivity index (χ4v) is 5.14. The largest absolute Gasteiger partial charge is 0.373 e. The minimum absolute atomic E-state index is 0.176. The van der Waals surface area contributed by atoms with Crippen molar-refractivity contribution in [2.24, 2.45) is 0 Å². The molecule has 0 amide bonds. The number of ether oxygens (including phenoxy) is 1. The van der Waals surface area contributed by atoms with Crippen LogP contribution >= 0.6 is 0 Å². The van der Waals surface area contributed by atoms with Crippen LogP contribution < -0.4 is 0 Å². The molecule has 1 aromatic carbocycles. The van der Waals surface area contributed by atoms with E-state index in [1.807, 2.05) is 6.07 Å². The van der Waals surface area contributed by atoms with Crippen molar-refractivity contribution < 1.29 is 13.2 Å². The molecule has 1 unspecified atom stereocenters. The summed E-state index contributed by atoms with van der Waals surface area (Å²) < 4.78 is 33.3. The van der Waals surface area contributed by atoms with Gasteiger partial charge in [0.15, 0.2) is 0 Å². The molecule has 0 saturated carbocycles. The van der Waals surface area contributed by atoms with E-state index < -0.39 is 10.0 Å². The van der Waals surface area contributed by atoms with Crippen molar-refractivity contribution in [1.29, 1.82) is 5.26 Å². The summed E-state index contributed by atoms with van der Waals surface area (Å²) >= 11 is 0. The Morgan fingerprint density at radius 1 is 1.32 bits per heavy atom. The van der Waals surface area contributed by atoms with Crippen LogP contribution in [0.15, 0.2) is 29.2 Å². The zero-order valence-electron chi connectivity index (χ0n) is 14.8. The fraction of sp³-hybridized carbons (Fsp3) is 0.611. The molecule has 0 bridgehead atoms. The lowest BCUT2D eigenvalue weighted by Crippen LogP contribution is -2.46. The van der Waals surface area contributed by atoms with Gasteiger partial charge in [0.05, 0.1) is 28.7 Å². The van der Waals surface area contributed by atoms with Gasteiger partial charge in [0.25, 0.3) is 0 Å². The predicted octanol–water partition coefficient (Wildman–Crippen LogP) is 1.82. The van der Waals surface area contributed by atoms with Crippen LogP contribution in [0, 0.1) is 11.3 Å². The number of sulfonamides is 1. The molecular formula is C18H25N3O3S. The lowest BCUT2D eigenvalue weighted by atomic mass is 9.88. The molecule has 6 nitrogen and oxygen atoms in total. The summed E-state index contributed by atoms with van der Waals surface area (Å²) in [7, 11) is -1.40. The Morgan fingerprint density at radius 3 is 2.52 bits per heavy atom. The van der Waals surface area contributed by atoms with Gasteiger partial charge in [0.2, 0.25) is 10.0 Å². The zero-order chi connectivity index (χ0) is 18.1. The summed E-state index contributed by atoms with van der Waals surface area (Å²) in [4.78, 5) is 2.55. The summed E-state index contributed by atoms with van der Waals surface area (Å²) in [6.07, 6.45) is 2.44. The summed E-state index contributed by atoms with van der Waals surface area (Å²) in [5.41, 5.74) is 0.284. The van der Waals surface area contributed by atoms with Gasteiger partial charge in [-0.3, -0.25) is 0 Å². The number of nitrogens with zero attached hydrogens (tertiary/aromatic N) is 3. The first-order chi connectivity index (χ1) is 11.9. The first-order valence-electron chi connectivity index (χ1n) is 8.75. The van der Waals surface area contributed by atoms with Crippen molar-refractivity contribution in [3.8, 4) is 6.07 Å². The van der Waals surface area contributed by atoms with Gasteiger partial charge in [0.1, 0.15) is 0 Å². The van der Waals surface area contributed by atoms with Gasteiger partial charge in [-0.1, -0.05) is 6.92 Å². The molecule has 25 heavy (non-hydrogen) atoms. The predicted molar refractivity (Wildman–Crippen MR) is 94.5 cm³/mol. The van der Waals surface area contributed by atoms with Crippen LogP contribution in [-0.4, -0.2) is 62.6 Å². The molecular weight excluding hydrogens is 338 g/mol. The van der Waals surface area contributed by atoms with Gasteiger partial charge in [-0.25, -0.2) is 8.42 Å². The van der Waals surface area contributed by atoms with E-state index in [0.29, 0.717) is 24.7 Å². The number of piperidine rings is 1. The van der Waals surface area contributed by atoms with E-state index in [1.165, 1.54) is 12.1 Å². The number of likely N-dealkylation sites (N-methyl/N-ethyl adjacent to an activating group) is 1. The van der Waals surface area contributed by atoms with Crippen molar-refractivity contribution >= 4 is 10.0 Å². The molecule has 2 fully saturated rings. The van der Waals surface area contributed by atoms with Gasteiger partial charge in [-0.2, -0.15) is 9.57 Å². The third-order valence-corrected chi connectivity index (χ3v) is 7.48. The number of hydrogen-bond donors (Lipinski definition) is 0. The Morgan fingerprint density at radius 2 is 1.96 bits per heavy atom. The molecule has 2 saturated heterocycles. The Kier molecular flexibility index (Phi) is 5.16. The minimum atomic E-state index is -3.51. The minimum Gasteiger partial charge on any atom is -0.373 e. The average Bonchev–Trinajstić information content (AvgIpc) is 3.05. The third kappa shape index (κ3) is 3.58. The van der Waals surface area contributed by atoms with Gasteiger partial charge in [0, 0.05) is 19.1 Å². The molecule has 2 heterocycles. The van der Waals surface area contributed by atoms with E-state index in [9.17, 15) is 8.42 Å². The summed E-state index contributed by atoms with van der Waals surface area (Å²) in [6, 6.07) is 8.54. The molecule has 2 aliphatic heterocycles. The zero-order valence-corrected chi connectivity index (χ0v) is 15.6. The van der Waals surface area contributed by atoms with E-state index in [2.05, 4.69) is 18.9 Å². The second-order valence-electron chi connectivity index (χ2n) is 6.97. The van der Waals surface area contributed by atoms with Crippen LogP contribution in [0.25, 0.3) is 0 Å². The molecule has 136 valence electrons. The standard InChI is InChI=1S/C18H25N3O3S/c1-3-20(2)16-12-18(24-14-16)8-10-21(11-9-18)25(22,23)17-6-4-15(13-19)5-7-17/h4-7,16H,3,8-12,14H2,1-2H3. The van der Waals surface area contributed by atoms with Crippen LogP contribution in [0.1, 0.15) is 31.7 Å². The average molecular weight is 363 g/mol. The van der Waals surface area contributed by atoms with Crippen molar-refractivity contribution in [1.82, 2.24) is 9.21 Å². The molecule has 1 aromatic rings. The molecule has 0 aromatic heterocycles. The van der Waals surface area contributed by atoms with E-state index in [4.69, 9.17) is 10.00 Å². The molecule has 2 aliphatic rings. The Hall–Kier alpha value is -1.46. The maximum atomic E-state index is 12.8. The highest BCUT2D eigenvalue weighted by Gasteiger charge is 2.45. The highest BCUT2D eigenvalue weighted by atomic mass is 32.2. The summed E-state index contributed by atoms with van der Waals surface area (Å²) in [5.74, 6) is 0. The number of benzene rings is 1. The second kappa shape index (κ2) is 7.04. The Balaban J connectivity index is 1.66. The molecule has 0 N–H and O–H groups in total. The molecule has 0 aliphatic carbocycles. The van der Waals surface area contributed by atoms with Crippen LogP contribution in [-0.2, 0) is 14.8 Å². The van der Waals surface area contributed by atoms with Crippen molar-refractivity contribution in [3.05, 3.63) is 29.8 Å². The topological polar surface area (TPSA) is 73.6 Å². The van der Waals surface area contributed by atoms with E-state index in [-0.39, 0.29) is 10.5 Å². The molecule has 7 heteroatoms. The number of hydrogen-bond acceptors (Lipinski definition) is 5. The Labute approximate surface area is 150 Å². The SMILES string of the molecule is CCN(C)C1COC2(CCN(S(=O)(=O)c3ccc(C#N)cc3)CC2)C1. The summed E-state index contributed by atoms with van der Waals surface area (Å²) in [5, 5.41) is 8.85. The third-order valence-electron chi connectivity index (χ3n) is 5.57. The highest BCUT2D eigenvalue weighted by molar-refractivity contribution is 7.89. The van der Waals surface area contributed by atoms with Gasteiger partial charge < -0.3 is 9.64 Å². The number of nitriles is 1. The van der Waals surface area contributed by atoms with Crippen molar-refractivity contribution in [3.63, 3.8) is 0 Å². The Bertz CT molecular complexity index is 747. The van der Waals surface area contributed by atoms with Crippen LogP contribution in [0.2, 0.25) is 0 Å². The fourth-order valence-electron chi connectivity index (χ4n) is 3.69. The lowest BCUT2D eigenvalue weighted by Gasteiger charge is -2.38. The van der Waals surface area contributed by atoms with Gasteiger partial charge in [-0.05, 0) is 57.1 Å². The molecule has 1 spiro atoms. The van der Waals surface area contributed by atoms with E-state index in [1.54, 1.807) is 16.4 Å². The molecule has 1 atom stereocenters. The first kappa shape index (κ1) is 18.3. The number of rotatable bonds is 4. The maximum Gasteiger partial charge on any atom is 0.243 e. The van der Waals surface area contributed by atoms with Gasteiger partial charge in [-0.15, -0.1) is 0 Å². The van der Waals surface area contributed by atoms with Gasteiger partial charge >= 0.3 is 0 Å². The maximum absolute atomic E-state index is 12.8. The highest BCUT2D eigenvalue weighted by Crippen LogP contribution is 2.38. The lowest BCUT2D eigenvalue weighted by molar-refractivity contribution is -0.0316. The van der Waals surface area contributed by atoms with Crippen LogP contribution in [0.5, 0.6) is 0 Å². The van der Waals surface area contributed by atoms with Crippen LogP contribution in [0.4, 0.5) is 0 Å². The smallest absolute Gasteiger partial charge is 0.243 e. The molecule has 3 rings (SSSR count). The van der Waals surface area contributed by atoms with Crippen molar-refractivity contribution in [2.45, 2.75) is 42.7 Å². The van der Waals surface area contributed by atoms with Crippen molar-refractivity contribution in [2.75, 3.05) is 33.3 Å². The first-order valence-corrected chi connectivity index (χ1v) is 10.2. The quantitative estimate of drug-likeness (QED) is 0.816.